The van der Waals surface area contributed by atoms with Crippen molar-refractivity contribution >= 4 is 50.5 Å². The van der Waals surface area contributed by atoms with Gasteiger partial charge in [-0.2, -0.15) is 0 Å². The third kappa shape index (κ3) is 3.42. The average molecular weight is 376 g/mol. The molecule has 0 saturated carbocycles. The zero-order chi connectivity index (χ0) is 14.7. The van der Waals surface area contributed by atoms with E-state index < -0.39 is 4.92 Å². The van der Waals surface area contributed by atoms with Crippen LogP contribution in [0.25, 0.3) is 0 Å². The van der Waals surface area contributed by atoms with Crippen LogP contribution in [0.1, 0.15) is 5.56 Å². The first-order valence-electron chi connectivity index (χ1n) is 5.59. The molecule has 0 heterocycles. The molecule has 0 unspecified atom stereocenters. The Balaban J connectivity index is 2.19. The number of nitro benzene ring substituents is 1. The summed E-state index contributed by atoms with van der Waals surface area (Å²) < 4.78 is 0.446. The largest absolute Gasteiger partial charge is 0.379 e. The topological polar surface area (TPSA) is 55.2 Å². The van der Waals surface area contributed by atoms with Gasteiger partial charge < -0.3 is 5.32 Å². The van der Waals surface area contributed by atoms with E-state index in [1.807, 2.05) is 0 Å². The van der Waals surface area contributed by atoms with Gasteiger partial charge in [0.2, 0.25) is 0 Å². The molecule has 0 aliphatic rings. The van der Waals surface area contributed by atoms with E-state index in [-0.39, 0.29) is 5.69 Å². The van der Waals surface area contributed by atoms with Crippen LogP contribution in [-0.4, -0.2) is 4.92 Å². The lowest BCUT2D eigenvalue weighted by Gasteiger charge is -2.10. The summed E-state index contributed by atoms with van der Waals surface area (Å²) in [5, 5.41) is 15.0. The van der Waals surface area contributed by atoms with Crippen LogP contribution in [0.3, 0.4) is 0 Å². The second kappa shape index (κ2) is 6.43. The molecule has 20 heavy (non-hydrogen) atoms. The Bertz CT molecular complexity index is 645. The molecular weight excluding hydrogens is 367 g/mol. The van der Waals surface area contributed by atoms with Gasteiger partial charge in [0.25, 0.3) is 5.69 Å². The molecule has 104 valence electrons. The van der Waals surface area contributed by atoms with Crippen molar-refractivity contribution in [3.63, 3.8) is 0 Å². The third-order valence-corrected chi connectivity index (χ3v) is 3.94. The van der Waals surface area contributed by atoms with Gasteiger partial charge in [0.1, 0.15) is 0 Å². The minimum absolute atomic E-state index is 0.0227. The number of nitro groups is 1. The summed E-state index contributed by atoms with van der Waals surface area (Å²) >= 11 is 15.2. The van der Waals surface area contributed by atoms with E-state index in [0.717, 1.165) is 5.56 Å². The Labute approximate surface area is 134 Å². The van der Waals surface area contributed by atoms with E-state index in [0.29, 0.717) is 26.8 Å². The minimum Gasteiger partial charge on any atom is -0.379 e. The maximum absolute atomic E-state index is 10.9. The van der Waals surface area contributed by atoms with Crippen molar-refractivity contribution in [2.24, 2.45) is 0 Å². The highest BCUT2D eigenvalue weighted by molar-refractivity contribution is 9.10. The van der Waals surface area contributed by atoms with E-state index in [2.05, 4.69) is 21.2 Å². The van der Waals surface area contributed by atoms with Gasteiger partial charge in [-0.05, 0) is 39.7 Å². The molecule has 2 aromatic rings. The monoisotopic (exact) mass is 374 g/mol. The molecule has 0 spiro atoms. The number of benzene rings is 2. The second-order valence-corrected chi connectivity index (χ2v) is 5.66. The summed E-state index contributed by atoms with van der Waals surface area (Å²) in [6.07, 6.45) is 0. The number of para-hydroxylation sites is 1. The van der Waals surface area contributed by atoms with Crippen molar-refractivity contribution in [2.45, 2.75) is 6.54 Å². The lowest BCUT2D eigenvalue weighted by Crippen LogP contribution is -2.01. The highest BCUT2D eigenvalue weighted by Gasteiger charge is 2.12. The fourth-order valence-electron chi connectivity index (χ4n) is 1.67. The number of nitrogens with zero attached hydrogens (tertiary/aromatic N) is 1. The Morgan fingerprint density at radius 2 is 1.85 bits per heavy atom. The summed E-state index contributed by atoms with van der Waals surface area (Å²) in [5.41, 5.74) is 1.40. The molecule has 4 nitrogen and oxygen atoms in total. The smallest absolute Gasteiger partial charge is 0.283 e. The molecule has 7 heteroatoms. The van der Waals surface area contributed by atoms with Crippen LogP contribution in [0.4, 0.5) is 11.4 Å². The van der Waals surface area contributed by atoms with Crippen LogP contribution >= 0.6 is 39.1 Å². The predicted molar refractivity (Wildman–Crippen MR) is 84.6 cm³/mol. The summed E-state index contributed by atoms with van der Waals surface area (Å²) in [4.78, 5) is 10.4. The van der Waals surface area contributed by atoms with E-state index in [9.17, 15) is 10.1 Å². The zero-order valence-electron chi connectivity index (χ0n) is 10.1. The molecule has 2 aromatic carbocycles. The molecule has 0 bridgehead atoms. The summed E-state index contributed by atoms with van der Waals surface area (Å²) in [6.45, 7) is 0.386. The fourth-order valence-corrected chi connectivity index (χ4v) is 2.59. The first kappa shape index (κ1) is 15.1. The molecule has 0 aliphatic heterocycles. The van der Waals surface area contributed by atoms with Gasteiger partial charge in [0, 0.05) is 12.6 Å². The summed E-state index contributed by atoms with van der Waals surface area (Å²) in [6, 6.07) is 10.1. The Hall–Kier alpha value is -1.30. The van der Waals surface area contributed by atoms with Crippen LogP contribution in [0.5, 0.6) is 0 Å². The minimum atomic E-state index is -0.434. The normalized spacial score (nSPS) is 10.3. The van der Waals surface area contributed by atoms with Crippen molar-refractivity contribution < 1.29 is 4.92 Å². The zero-order valence-corrected chi connectivity index (χ0v) is 13.2. The van der Waals surface area contributed by atoms with Gasteiger partial charge in [-0.3, -0.25) is 10.1 Å². The summed E-state index contributed by atoms with van der Waals surface area (Å²) in [5.74, 6) is 0. The Morgan fingerprint density at radius 3 is 2.45 bits per heavy atom. The fraction of sp³-hybridized carbons (Fsp3) is 0.0769. The number of hydrogen-bond acceptors (Lipinski definition) is 3. The predicted octanol–water partition coefficient (Wildman–Crippen LogP) is 5.28. The second-order valence-electron chi connectivity index (χ2n) is 3.99. The van der Waals surface area contributed by atoms with Crippen LogP contribution in [-0.2, 0) is 6.54 Å². The molecule has 0 atom stereocenters. The van der Waals surface area contributed by atoms with Crippen molar-refractivity contribution in [3.8, 4) is 0 Å². The van der Waals surface area contributed by atoms with E-state index >= 15 is 0 Å². The number of rotatable bonds is 4. The van der Waals surface area contributed by atoms with Gasteiger partial charge >= 0.3 is 0 Å². The van der Waals surface area contributed by atoms with Gasteiger partial charge in [-0.25, -0.2) is 0 Å². The molecule has 0 saturated heterocycles. The maximum Gasteiger partial charge on any atom is 0.283 e. The van der Waals surface area contributed by atoms with Gasteiger partial charge in [-0.15, -0.1) is 0 Å². The van der Waals surface area contributed by atoms with Gasteiger partial charge in [-0.1, -0.05) is 35.3 Å². The molecule has 0 radical (unpaired) electrons. The van der Waals surface area contributed by atoms with Crippen molar-refractivity contribution in [2.75, 3.05) is 5.32 Å². The number of hydrogen-bond donors (Lipinski definition) is 1. The van der Waals surface area contributed by atoms with Crippen molar-refractivity contribution in [3.05, 3.63) is 66.6 Å². The number of nitrogens with one attached hydrogen (secondary N) is 1. The number of anilines is 1. The van der Waals surface area contributed by atoms with Crippen molar-refractivity contribution in [1.29, 1.82) is 0 Å². The number of halogens is 3. The van der Waals surface area contributed by atoms with Crippen LogP contribution in [0.2, 0.25) is 10.0 Å². The third-order valence-electron chi connectivity index (χ3n) is 2.64. The lowest BCUT2D eigenvalue weighted by atomic mass is 10.2. The average Bonchev–Trinajstić information content (AvgIpc) is 2.39. The first-order chi connectivity index (χ1) is 9.49. The molecule has 1 N–H and O–H groups in total. The lowest BCUT2D eigenvalue weighted by molar-refractivity contribution is -0.385. The summed E-state index contributed by atoms with van der Waals surface area (Å²) in [7, 11) is 0. The van der Waals surface area contributed by atoms with Crippen LogP contribution in [0.15, 0.2) is 40.9 Å². The highest BCUT2D eigenvalue weighted by atomic mass is 79.9. The van der Waals surface area contributed by atoms with E-state index in [1.165, 1.54) is 6.07 Å². The molecule has 0 amide bonds. The van der Waals surface area contributed by atoms with Crippen LogP contribution < -0.4 is 5.32 Å². The quantitative estimate of drug-likeness (QED) is 0.584. The molecule has 0 aromatic heterocycles. The van der Waals surface area contributed by atoms with Crippen molar-refractivity contribution in [1.82, 2.24) is 0 Å². The highest BCUT2D eigenvalue weighted by Crippen LogP contribution is 2.31. The maximum atomic E-state index is 10.9. The van der Waals surface area contributed by atoms with Gasteiger partial charge in [0.15, 0.2) is 0 Å². The molecule has 2 rings (SSSR count). The first-order valence-corrected chi connectivity index (χ1v) is 7.14. The van der Waals surface area contributed by atoms with E-state index in [1.54, 1.807) is 30.3 Å². The molecular formula is C13H9BrCl2N2O2. The SMILES string of the molecule is O=[N+]([O-])c1cc(CNc2c(Cl)cccc2Cl)ccc1Br. The van der Waals surface area contributed by atoms with Gasteiger partial charge in [0.05, 0.1) is 25.1 Å². The van der Waals surface area contributed by atoms with Crippen LogP contribution in [0, 0.1) is 10.1 Å². The standard InChI is InChI=1S/C13H9BrCl2N2O2/c14-9-5-4-8(6-12(9)18(19)20)7-17-13-10(15)2-1-3-11(13)16/h1-6,17H,7H2. The Kier molecular flexibility index (Phi) is 4.86. The molecule has 0 aliphatic carbocycles. The van der Waals surface area contributed by atoms with E-state index in [4.69, 9.17) is 23.2 Å². The molecule has 0 fully saturated rings. The Morgan fingerprint density at radius 1 is 1.20 bits per heavy atom.